The Morgan fingerprint density at radius 3 is 2.04 bits per heavy atom. The molecule has 0 fully saturated rings. The molecule has 23 heavy (non-hydrogen) atoms. The van der Waals surface area contributed by atoms with Crippen molar-refractivity contribution in [3.8, 4) is 23.0 Å². The first-order valence-corrected chi connectivity index (χ1v) is 6.88. The molecule has 1 heterocycles. The first kappa shape index (κ1) is 15.0. The summed E-state index contributed by atoms with van der Waals surface area (Å²) in [6.45, 7) is 0. The predicted octanol–water partition coefficient (Wildman–Crippen LogP) is 2.98. The van der Waals surface area contributed by atoms with Gasteiger partial charge >= 0.3 is 0 Å². The molecule has 0 amide bonds. The molecule has 0 unspecified atom stereocenters. The Morgan fingerprint density at radius 1 is 0.783 bits per heavy atom. The molecule has 0 saturated carbocycles. The lowest BCUT2D eigenvalue weighted by atomic mass is 10.1. The maximum Gasteiger partial charge on any atom is 0.208 e. The topological polar surface area (TPSA) is 67.1 Å². The zero-order valence-electron chi connectivity index (χ0n) is 13.3. The fraction of sp³-hybridized carbons (Fsp3) is 0.235. The van der Waals surface area contributed by atoms with Gasteiger partial charge in [-0.25, -0.2) is 0 Å². The van der Waals surface area contributed by atoms with E-state index in [1.54, 1.807) is 24.3 Å². The molecule has 0 saturated heterocycles. The van der Waals surface area contributed by atoms with Gasteiger partial charge in [0.1, 0.15) is 33.6 Å². The molecule has 6 nitrogen and oxygen atoms in total. The Bertz CT molecular complexity index is 941. The van der Waals surface area contributed by atoms with Crippen molar-refractivity contribution in [2.45, 2.75) is 0 Å². The molecule has 0 bridgehead atoms. The van der Waals surface area contributed by atoms with Gasteiger partial charge < -0.3 is 23.4 Å². The molecule has 0 aliphatic heterocycles. The first-order valence-electron chi connectivity index (χ1n) is 6.88. The zero-order valence-corrected chi connectivity index (χ0v) is 13.3. The van der Waals surface area contributed by atoms with Gasteiger partial charge in [0, 0.05) is 12.1 Å². The smallest absolute Gasteiger partial charge is 0.208 e. The number of hydrogen-bond acceptors (Lipinski definition) is 6. The summed E-state index contributed by atoms with van der Waals surface area (Å²) in [6.07, 6.45) is 0. The second-order valence-electron chi connectivity index (χ2n) is 4.81. The van der Waals surface area contributed by atoms with E-state index in [0.29, 0.717) is 44.9 Å². The number of hydrogen-bond donors (Lipinski definition) is 0. The van der Waals surface area contributed by atoms with Crippen LogP contribution in [-0.4, -0.2) is 28.4 Å². The van der Waals surface area contributed by atoms with Crippen LogP contribution in [0, 0.1) is 0 Å². The number of methoxy groups -OCH3 is 4. The van der Waals surface area contributed by atoms with Gasteiger partial charge in [-0.3, -0.25) is 4.79 Å². The summed E-state index contributed by atoms with van der Waals surface area (Å²) >= 11 is 0. The Balaban J connectivity index is 2.57. The third-order valence-corrected chi connectivity index (χ3v) is 3.68. The maximum absolute atomic E-state index is 13.0. The lowest BCUT2D eigenvalue weighted by Gasteiger charge is -2.12. The van der Waals surface area contributed by atoms with Crippen LogP contribution in [0.15, 0.2) is 33.5 Å². The van der Waals surface area contributed by atoms with E-state index < -0.39 is 0 Å². The minimum atomic E-state index is -0.253. The molecule has 0 aliphatic carbocycles. The van der Waals surface area contributed by atoms with Crippen LogP contribution in [0.3, 0.4) is 0 Å². The molecule has 0 atom stereocenters. The molecule has 120 valence electrons. The van der Waals surface area contributed by atoms with Crippen LogP contribution in [0.4, 0.5) is 0 Å². The third-order valence-electron chi connectivity index (χ3n) is 3.68. The minimum absolute atomic E-state index is 0.253. The first-order chi connectivity index (χ1) is 11.1. The van der Waals surface area contributed by atoms with E-state index in [2.05, 4.69) is 0 Å². The van der Waals surface area contributed by atoms with Crippen molar-refractivity contribution in [3.05, 3.63) is 34.5 Å². The predicted molar refractivity (Wildman–Crippen MR) is 86.2 cm³/mol. The molecule has 3 aromatic rings. The van der Waals surface area contributed by atoms with E-state index in [0.717, 1.165) is 0 Å². The van der Waals surface area contributed by atoms with Crippen molar-refractivity contribution >= 4 is 21.9 Å². The summed E-state index contributed by atoms with van der Waals surface area (Å²) in [5.74, 6) is 1.76. The quantitative estimate of drug-likeness (QED) is 0.689. The average molecular weight is 316 g/mol. The molecule has 2 aromatic carbocycles. The van der Waals surface area contributed by atoms with E-state index in [1.807, 2.05) is 0 Å². The standard InChI is InChI=1S/C17H16O6/c1-19-9-7-12(22-4)14-13(8-9)23-17-11(21-3)6-5-10(20-2)15(17)16(14)18/h5-8H,1-4H3. The summed E-state index contributed by atoms with van der Waals surface area (Å²) < 4.78 is 27.0. The molecular formula is C17H16O6. The Labute approximate surface area is 132 Å². The summed E-state index contributed by atoms with van der Waals surface area (Å²) in [4.78, 5) is 13.0. The van der Waals surface area contributed by atoms with E-state index in [4.69, 9.17) is 23.4 Å². The second-order valence-corrected chi connectivity index (χ2v) is 4.81. The highest BCUT2D eigenvalue weighted by Gasteiger charge is 2.19. The maximum atomic E-state index is 13.0. The zero-order chi connectivity index (χ0) is 16.6. The molecule has 6 heteroatoms. The van der Waals surface area contributed by atoms with Gasteiger partial charge in [0.15, 0.2) is 11.3 Å². The van der Waals surface area contributed by atoms with Crippen molar-refractivity contribution in [2.75, 3.05) is 28.4 Å². The Hall–Kier alpha value is -2.89. The van der Waals surface area contributed by atoms with Crippen molar-refractivity contribution < 1.29 is 23.4 Å². The SMILES string of the molecule is COc1cc(OC)c2c(=O)c3c(OC)ccc(OC)c3oc2c1. The van der Waals surface area contributed by atoms with E-state index in [9.17, 15) is 4.79 Å². The highest BCUT2D eigenvalue weighted by molar-refractivity contribution is 5.98. The van der Waals surface area contributed by atoms with Crippen LogP contribution < -0.4 is 24.4 Å². The highest BCUT2D eigenvalue weighted by Crippen LogP contribution is 2.36. The van der Waals surface area contributed by atoms with Crippen LogP contribution in [0.5, 0.6) is 23.0 Å². The van der Waals surface area contributed by atoms with Crippen molar-refractivity contribution in [3.63, 3.8) is 0 Å². The number of fused-ring (bicyclic) bond motifs is 2. The molecule has 0 aliphatic rings. The van der Waals surface area contributed by atoms with Crippen LogP contribution in [0.1, 0.15) is 0 Å². The van der Waals surface area contributed by atoms with Gasteiger partial charge in [-0.15, -0.1) is 0 Å². The number of benzene rings is 2. The number of rotatable bonds is 4. The van der Waals surface area contributed by atoms with Crippen LogP contribution in [0.2, 0.25) is 0 Å². The van der Waals surface area contributed by atoms with Gasteiger partial charge in [0.05, 0.1) is 28.4 Å². The third kappa shape index (κ3) is 2.23. The minimum Gasteiger partial charge on any atom is -0.496 e. The Morgan fingerprint density at radius 2 is 1.43 bits per heavy atom. The van der Waals surface area contributed by atoms with Crippen LogP contribution in [-0.2, 0) is 0 Å². The lowest BCUT2D eigenvalue weighted by Crippen LogP contribution is -2.07. The Kier molecular flexibility index (Phi) is 3.73. The number of ether oxygens (including phenoxy) is 4. The van der Waals surface area contributed by atoms with Crippen LogP contribution in [0.25, 0.3) is 21.9 Å². The van der Waals surface area contributed by atoms with Crippen LogP contribution >= 0.6 is 0 Å². The average Bonchev–Trinajstić information content (AvgIpc) is 2.59. The molecule has 1 aromatic heterocycles. The summed E-state index contributed by atoms with van der Waals surface area (Å²) in [6, 6.07) is 6.63. The second kappa shape index (κ2) is 5.72. The van der Waals surface area contributed by atoms with Gasteiger partial charge in [0.2, 0.25) is 5.43 Å². The normalized spacial score (nSPS) is 10.8. The summed E-state index contributed by atoms with van der Waals surface area (Å²) in [7, 11) is 6.03. The molecule has 3 rings (SSSR count). The van der Waals surface area contributed by atoms with Gasteiger partial charge in [-0.2, -0.15) is 0 Å². The summed E-state index contributed by atoms with van der Waals surface area (Å²) in [5, 5.41) is 0.634. The molecule has 0 spiro atoms. The monoisotopic (exact) mass is 316 g/mol. The highest BCUT2D eigenvalue weighted by atomic mass is 16.5. The van der Waals surface area contributed by atoms with E-state index in [-0.39, 0.29) is 5.43 Å². The van der Waals surface area contributed by atoms with E-state index in [1.165, 1.54) is 28.4 Å². The van der Waals surface area contributed by atoms with E-state index >= 15 is 0 Å². The van der Waals surface area contributed by atoms with Crippen molar-refractivity contribution in [2.24, 2.45) is 0 Å². The van der Waals surface area contributed by atoms with Gasteiger partial charge in [0.25, 0.3) is 0 Å². The lowest BCUT2D eigenvalue weighted by molar-refractivity contribution is 0.394. The molecular weight excluding hydrogens is 300 g/mol. The fourth-order valence-electron chi connectivity index (χ4n) is 2.58. The van der Waals surface area contributed by atoms with Gasteiger partial charge in [-0.1, -0.05) is 0 Å². The van der Waals surface area contributed by atoms with Crippen molar-refractivity contribution in [1.82, 2.24) is 0 Å². The largest absolute Gasteiger partial charge is 0.496 e. The fourth-order valence-corrected chi connectivity index (χ4v) is 2.58. The van der Waals surface area contributed by atoms with Crippen molar-refractivity contribution in [1.29, 1.82) is 0 Å². The molecule has 0 N–H and O–H groups in total. The molecule has 0 radical (unpaired) electrons. The van der Waals surface area contributed by atoms with Gasteiger partial charge in [-0.05, 0) is 12.1 Å². The summed E-state index contributed by atoms with van der Waals surface area (Å²) in [5.41, 5.74) is 0.418.